The van der Waals surface area contributed by atoms with Crippen LogP contribution >= 0.6 is 22.6 Å². The molecule has 1 heteroatoms. The number of allylic oxidation sites excluding steroid dienone is 2. The molecule has 0 aromatic heterocycles. The van der Waals surface area contributed by atoms with Crippen LogP contribution in [-0.4, -0.2) is 3.92 Å². The molecule has 0 aromatic carbocycles. The molecule has 0 aliphatic rings. The Hall–Kier alpha value is 0.470. The molecule has 0 heterocycles. The Bertz CT molecular complexity index is 45.9. The van der Waals surface area contributed by atoms with E-state index < -0.39 is 0 Å². The van der Waals surface area contributed by atoms with E-state index >= 15 is 0 Å². The Morgan fingerprint density at radius 1 is 1.67 bits per heavy atom. The third-order valence-electron chi connectivity index (χ3n) is 0.458. The molecule has 36 valence electrons. The highest BCUT2D eigenvalue weighted by molar-refractivity contribution is 14.1. The molecule has 0 aliphatic heterocycles. The lowest BCUT2D eigenvalue weighted by atomic mass is 10.4. The number of halogens is 1. The average molecular weight is 196 g/mol. The Labute approximate surface area is 52.8 Å². The van der Waals surface area contributed by atoms with Crippen LogP contribution in [-0.2, 0) is 0 Å². The molecule has 0 saturated heterocycles. The van der Waals surface area contributed by atoms with Gasteiger partial charge in [-0.3, -0.25) is 0 Å². The topological polar surface area (TPSA) is 0 Å². The molecule has 6 heavy (non-hydrogen) atoms. The van der Waals surface area contributed by atoms with Crippen molar-refractivity contribution in [1.82, 2.24) is 0 Å². The predicted molar refractivity (Wildman–Crippen MR) is 38.3 cm³/mol. The van der Waals surface area contributed by atoms with Crippen LogP contribution in [0.1, 0.15) is 13.8 Å². The van der Waals surface area contributed by atoms with E-state index in [9.17, 15) is 0 Å². The molecule has 0 fully saturated rings. The van der Waals surface area contributed by atoms with Gasteiger partial charge in [-0.25, -0.2) is 0 Å². The van der Waals surface area contributed by atoms with Crippen molar-refractivity contribution in [3.05, 3.63) is 12.2 Å². The van der Waals surface area contributed by atoms with Crippen LogP contribution in [0.15, 0.2) is 12.2 Å². The molecule has 0 aliphatic carbocycles. The van der Waals surface area contributed by atoms with Gasteiger partial charge in [-0.15, -0.1) is 0 Å². The van der Waals surface area contributed by atoms with Crippen molar-refractivity contribution in [1.29, 1.82) is 0 Å². The molecule has 1 atom stereocenters. The van der Waals surface area contributed by atoms with Gasteiger partial charge in [-0.2, -0.15) is 0 Å². The second-order valence-electron chi connectivity index (χ2n) is 1.20. The Balaban J connectivity index is 3.03. The third kappa shape index (κ3) is 4.47. The van der Waals surface area contributed by atoms with Crippen LogP contribution in [0.4, 0.5) is 0 Å². The number of rotatable bonds is 1. The summed E-state index contributed by atoms with van der Waals surface area (Å²) in [7, 11) is 0. The Morgan fingerprint density at radius 2 is 2.17 bits per heavy atom. The van der Waals surface area contributed by atoms with E-state index in [1.165, 1.54) is 0 Å². The summed E-state index contributed by atoms with van der Waals surface area (Å²) in [4.78, 5) is 0. The van der Waals surface area contributed by atoms with Crippen molar-refractivity contribution in [3.8, 4) is 0 Å². The normalized spacial score (nSPS) is 15.8. The van der Waals surface area contributed by atoms with Crippen LogP contribution in [0.25, 0.3) is 0 Å². The summed E-state index contributed by atoms with van der Waals surface area (Å²) in [5.74, 6) is 0. The summed E-state index contributed by atoms with van der Waals surface area (Å²) in [5, 5.41) is 0. The highest BCUT2D eigenvalue weighted by Crippen LogP contribution is 1.97. The fourth-order valence-corrected chi connectivity index (χ4v) is 0.680. The first-order valence-corrected chi connectivity index (χ1v) is 3.29. The lowest BCUT2D eigenvalue weighted by Gasteiger charge is -1.84. The fourth-order valence-electron chi connectivity index (χ4n) is 0.265. The van der Waals surface area contributed by atoms with E-state index in [0.717, 1.165) is 0 Å². The molecule has 0 N–H and O–H groups in total. The zero-order valence-corrected chi connectivity index (χ0v) is 6.27. The second kappa shape index (κ2) is 3.65. The molecule has 0 nitrogen and oxygen atoms in total. The third-order valence-corrected chi connectivity index (χ3v) is 0.873. The molecule has 0 rings (SSSR count). The van der Waals surface area contributed by atoms with Gasteiger partial charge in [-0.05, 0) is 13.8 Å². The summed E-state index contributed by atoms with van der Waals surface area (Å²) in [6.07, 6.45) is 4.22. The van der Waals surface area contributed by atoms with Gasteiger partial charge in [0.2, 0.25) is 0 Å². The number of hydrogen-bond donors (Lipinski definition) is 0. The molecular weight excluding hydrogens is 187 g/mol. The molecule has 0 amide bonds. The number of alkyl halides is 1. The van der Waals surface area contributed by atoms with E-state index in [-0.39, 0.29) is 0 Å². The van der Waals surface area contributed by atoms with Crippen LogP contribution in [0, 0.1) is 0 Å². The van der Waals surface area contributed by atoms with E-state index in [2.05, 4.69) is 41.7 Å². The quantitative estimate of drug-likeness (QED) is 0.343. The first-order valence-electron chi connectivity index (χ1n) is 2.04. The van der Waals surface area contributed by atoms with Crippen molar-refractivity contribution in [2.75, 3.05) is 0 Å². The van der Waals surface area contributed by atoms with E-state index in [1.54, 1.807) is 0 Å². The first kappa shape index (κ1) is 6.47. The van der Waals surface area contributed by atoms with Crippen LogP contribution < -0.4 is 0 Å². The van der Waals surface area contributed by atoms with Crippen molar-refractivity contribution >= 4 is 22.6 Å². The van der Waals surface area contributed by atoms with E-state index in [4.69, 9.17) is 0 Å². The second-order valence-corrected chi connectivity index (χ2v) is 3.17. The van der Waals surface area contributed by atoms with Crippen LogP contribution in [0.5, 0.6) is 0 Å². The molecule has 1 unspecified atom stereocenters. The minimum atomic E-state index is 0.688. The highest BCUT2D eigenvalue weighted by Gasteiger charge is 1.79. The van der Waals surface area contributed by atoms with Gasteiger partial charge < -0.3 is 0 Å². The molecular formula is C5H9I. The lowest BCUT2D eigenvalue weighted by Crippen LogP contribution is -1.75. The van der Waals surface area contributed by atoms with Crippen molar-refractivity contribution in [3.63, 3.8) is 0 Å². The molecule has 0 bridgehead atoms. The Morgan fingerprint density at radius 3 is 2.17 bits per heavy atom. The minimum Gasteiger partial charge on any atom is -0.0906 e. The van der Waals surface area contributed by atoms with Crippen molar-refractivity contribution < 1.29 is 0 Å². The molecule has 0 aromatic rings. The van der Waals surface area contributed by atoms with Gasteiger partial charge in [0.1, 0.15) is 0 Å². The monoisotopic (exact) mass is 196 g/mol. The van der Waals surface area contributed by atoms with Crippen molar-refractivity contribution in [2.45, 2.75) is 17.8 Å². The lowest BCUT2D eigenvalue weighted by molar-refractivity contribution is 1.29. The maximum atomic E-state index is 2.36. The van der Waals surface area contributed by atoms with Crippen LogP contribution in [0.2, 0.25) is 0 Å². The summed E-state index contributed by atoms with van der Waals surface area (Å²) in [6.45, 7) is 4.19. The standard InChI is InChI=1S/C5H9I/c1-3-4-5(2)6/h3-5H,1-2H3/b4-3+. The SMILES string of the molecule is C/C=C/C(C)I. The van der Waals surface area contributed by atoms with Gasteiger partial charge in [0.15, 0.2) is 0 Å². The predicted octanol–water partition coefficient (Wildman–Crippen LogP) is 2.39. The maximum Gasteiger partial charge on any atom is 0.0261 e. The largest absolute Gasteiger partial charge is 0.0906 e. The highest BCUT2D eigenvalue weighted by atomic mass is 127. The summed E-state index contributed by atoms with van der Waals surface area (Å²) in [5.41, 5.74) is 0. The van der Waals surface area contributed by atoms with Crippen molar-refractivity contribution in [2.24, 2.45) is 0 Å². The average Bonchev–Trinajstić information content (AvgIpc) is 1.35. The zero-order chi connectivity index (χ0) is 4.99. The van der Waals surface area contributed by atoms with E-state index in [1.807, 2.05) is 6.92 Å². The van der Waals surface area contributed by atoms with Gasteiger partial charge in [0.05, 0.1) is 0 Å². The van der Waals surface area contributed by atoms with Gasteiger partial charge in [0.25, 0.3) is 0 Å². The minimum absolute atomic E-state index is 0.688. The summed E-state index contributed by atoms with van der Waals surface area (Å²) in [6, 6.07) is 0. The van der Waals surface area contributed by atoms with Gasteiger partial charge >= 0.3 is 0 Å². The van der Waals surface area contributed by atoms with Gasteiger partial charge in [-0.1, -0.05) is 34.7 Å². The number of hydrogen-bond acceptors (Lipinski definition) is 0. The Kier molecular flexibility index (Phi) is 3.94. The van der Waals surface area contributed by atoms with E-state index in [0.29, 0.717) is 3.92 Å². The fraction of sp³-hybridized carbons (Fsp3) is 0.600. The summed E-state index contributed by atoms with van der Waals surface area (Å²) >= 11 is 2.36. The first-order chi connectivity index (χ1) is 2.77. The molecule has 0 saturated carbocycles. The zero-order valence-electron chi connectivity index (χ0n) is 4.11. The molecule has 0 radical (unpaired) electrons. The smallest absolute Gasteiger partial charge is 0.0261 e. The van der Waals surface area contributed by atoms with Gasteiger partial charge in [0, 0.05) is 3.92 Å². The molecule has 0 spiro atoms. The maximum absolute atomic E-state index is 2.36. The van der Waals surface area contributed by atoms with Crippen LogP contribution in [0.3, 0.4) is 0 Å². The summed E-state index contributed by atoms with van der Waals surface area (Å²) < 4.78 is 0.688.